The van der Waals surface area contributed by atoms with Crippen molar-refractivity contribution in [1.82, 2.24) is 19.9 Å². The van der Waals surface area contributed by atoms with E-state index >= 15 is 0 Å². The molecule has 0 spiro atoms. The summed E-state index contributed by atoms with van der Waals surface area (Å²) in [7, 11) is 0. The second kappa shape index (κ2) is 5.06. The second-order valence-corrected chi connectivity index (χ2v) is 5.66. The summed E-state index contributed by atoms with van der Waals surface area (Å²) in [5.74, 6) is 0. The van der Waals surface area contributed by atoms with Gasteiger partial charge in [0.1, 0.15) is 12.7 Å². The fraction of sp³-hybridized carbons (Fsp3) is 0. The topological polar surface area (TPSA) is 51.6 Å². The van der Waals surface area contributed by atoms with Gasteiger partial charge in [0.15, 0.2) is 0 Å². The summed E-state index contributed by atoms with van der Waals surface area (Å²) >= 11 is 0. The quantitative estimate of drug-likeness (QED) is 0.429. The molecule has 2 aromatic heterocycles. The van der Waals surface area contributed by atoms with Gasteiger partial charge in [-0.3, -0.25) is 0 Å². The normalized spacial score (nSPS) is 11.3. The van der Waals surface area contributed by atoms with Crippen molar-refractivity contribution in [2.75, 3.05) is 0 Å². The van der Waals surface area contributed by atoms with Crippen LogP contribution in [-0.2, 0) is 0 Å². The minimum atomic E-state index is 0.933. The molecule has 0 fully saturated rings. The van der Waals surface area contributed by atoms with Gasteiger partial charge >= 0.3 is 0 Å². The predicted octanol–water partition coefficient (Wildman–Crippen LogP) is 4.25. The molecule has 112 valence electrons. The first-order valence-corrected chi connectivity index (χ1v) is 7.73. The molecule has 0 bridgehead atoms. The number of rotatable bonds is 0. The molecule has 0 amide bonds. The van der Waals surface area contributed by atoms with E-state index in [1.54, 1.807) is 12.7 Å². The van der Waals surface area contributed by atoms with E-state index in [2.05, 4.69) is 44.2 Å². The van der Waals surface area contributed by atoms with Gasteiger partial charge in [-0.05, 0) is 11.1 Å². The van der Waals surface area contributed by atoms with Gasteiger partial charge < -0.3 is 0 Å². The van der Waals surface area contributed by atoms with E-state index < -0.39 is 0 Å². The van der Waals surface area contributed by atoms with Gasteiger partial charge in [0.05, 0.1) is 11.4 Å². The van der Waals surface area contributed by atoms with E-state index in [-0.39, 0.29) is 0 Å². The highest BCUT2D eigenvalue weighted by Crippen LogP contribution is 2.44. The first-order valence-electron chi connectivity index (χ1n) is 7.73. The summed E-state index contributed by atoms with van der Waals surface area (Å²) in [5.41, 5.74) is 8.21. The number of hydrogen-bond donors (Lipinski definition) is 0. The molecule has 4 nitrogen and oxygen atoms in total. The third kappa shape index (κ3) is 1.80. The van der Waals surface area contributed by atoms with Gasteiger partial charge in [0, 0.05) is 34.6 Å². The first kappa shape index (κ1) is 13.1. The van der Waals surface area contributed by atoms with E-state index in [0.29, 0.717) is 0 Å². The maximum atomic E-state index is 4.58. The lowest BCUT2D eigenvalue weighted by molar-refractivity contribution is 1.16. The van der Waals surface area contributed by atoms with E-state index in [9.17, 15) is 0 Å². The minimum absolute atomic E-state index is 0.933. The van der Waals surface area contributed by atoms with Crippen LogP contribution in [-0.4, -0.2) is 19.9 Å². The average Bonchev–Trinajstić information content (AvgIpc) is 2.67. The molecule has 1 aliphatic carbocycles. The van der Waals surface area contributed by atoms with Crippen LogP contribution >= 0.6 is 0 Å². The zero-order chi connectivity index (χ0) is 15.9. The summed E-state index contributed by atoms with van der Waals surface area (Å²) in [6, 6.07) is 16.5. The predicted molar refractivity (Wildman–Crippen MR) is 92.9 cm³/mol. The van der Waals surface area contributed by atoms with Gasteiger partial charge in [-0.1, -0.05) is 48.5 Å². The smallest absolute Gasteiger partial charge is 0.116 e. The summed E-state index contributed by atoms with van der Waals surface area (Å²) in [4.78, 5) is 17.7. The molecule has 0 aliphatic heterocycles. The standard InChI is InChI=1S/C20H12N4/c1-3-7-15-13(5-1)17-9-21-11-24-20(17)16-8-4-2-6-14(16)18-10-22-12-23-19(15)18/h1-12H. The van der Waals surface area contributed by atoms with Gasteiger partial charge in [-0.25, -0.2) is 19.9 Å². The number of hydrogen-bond acceptors (Lipinski definition) is 4. The van der Waals surface area contributed by atoms with Gasteiger partial charge in [-0.15, -0.1) is 0 Å². The monoisotopic (exact) mass is 308 g/mol. The highest BCUT2D eigenvalue weighted by Gasteiger charge is 2.23. The van der Waals surface area contributed by atoms with E-state index in [0.717, 1.165) is 44.8 Å². The van der Waals surface area contributed by atoms with Crippen molar-refractivity contribution in [3.05, 3.63) is 73.6 Å². The van der Waals surface area contributed by atoms with Crippen molar-refractivity contribution in [1.29, 1.82) is 0 Å². The average molecular weight is 308 g/mol. The molecule has 1 aliphatic rings. The molecule has 4 heteroatoms. The van der Waals surface area contributed by atoms with E-state index in [4.69, 9.17) is 0 Å². The zero-order valence-corrected chi connectivity index (χ0v) is 12.7. The van der Waals surface area contributed by atoms with E-state index in [1.165, 1.54) is 0 Å². The van der Waals surface area contributed by atoms with Crippen molar-refractivity contribution in [3.63, 3.8) is 0 Å². The molecule has 0 saturated heterocycles. The zero-order valence-electron chi connectivity index (χ0n) is 12.7. The van der Waals surface area contributed by atoms with Gasteiger partial charge in [-0.2, -0.15) is 0 Å². The van der Waals surface area contributed by atoms with Crippen molar-refractivity contribution in [2.24, 2.45) is 0 Å². The Morgan fingerprint density at radius 1 is 0.458 bits per heavy atom. The van der Waals surface area contributed by atoms with Crippen molar-refractivity contribution in [3.8, 4) is 44.8 Å². The lowest BCUT2D eigenvalue weighted by Gasteiger charge is -2.20. The summed E-state index contributed by atoms with van der Waals surface area (Å²) in [6.07, 6.45) is 6.96. The van der Waals surface area contributed by atoms with Crippen molar-refractivity contribution < 1.29 is 0 Å². The molecule has 5 rings (SSSR count). The lowest BCUT2D eigenvalue weighted by Crippen LogP contribution is -2.00. The second-order valence-electron chi connectivity index (χ2n) is 5.66. The largest absolute Gasteiger partial charge is 0.244 e. The third-order valence-electron chi connectivity index (χ3n) is 4.37. The Labute approximate surface area is 138 Å². The molecular formula is C20H12N4. The van der Waals surface area contributed by atoms with E-state index in [1.807, 2.05) is 36.7 Å². The van der Waals surface area contributed by atoms with Crippen LogP contribution in [0.4, 0.5) is 0 Å². The molecule has 4 aromatic rings. The first-order chi connectivity index (χ1) is 11.9. The van der Waals surface area contributed by atoms with Crippen molar-refractivity contribution in [2.45, 2.75) is 0 Å². The molecule has 0 radical (unpaired) electrons. The Kier molecular flexibility index (Phi) is 2.76. The Morgan fingerprint density at radius 2 is 0.875 bits per heavy atom. The van der Waals surface area contributed by atoms with Crippen LogP contribution in [0.15, 0.2) is 73.6 Å². The molecule has 0 saturated carbocycles. The molecule has 2 heterocycles. The highest BCUT2D eigenvalue weighted by atomic mass is 14.8. The van der Waals surface area contributed by atoms with Crippen molar-refractivity contribution >= 4 is 0 Å². The molecule has 0 N–H and O–H groups in total. The van der Waals surface area contributed by atoms with Crippen LogP contribution < -0.4 is 0 Å². The highest BCUT2D eigenvalue weighted by molar-refractivity contribution is 6.00. The van der Waals surface area contributed by atoms with Crippen LogP contribution in [0.3, 0.4) is 0 Å². The molecule has 0 unspecified atom stereocenters. The minimum Gasteiger partial charge on any atom is -0.244 e. The fourth-order valence-corrected chi connectivity index (χ4v) is 3.33. The number of nitrogens with zero attached hydrogens (tertiary/aromatic N) is 4. The summed E-state index contributed by atoms with van der Waals surface area (Å²) in [5, 5.41) is 0. The van der Waals surface area contributed by atoms with Gasteiger partial charge in [0.25, 0.3) is 0 Å². The Hall–Kier alpha value is -3.40. The number of fused-ring (bicyclic) bond motifs is 8. The fourth-order valence-electron chi connectivity index (χ4n) is 3.33. The Bertz CT molecular complexity index is 785. The van der Waals surface area contributed by atoms with Crippen LogP contribution in [0.2, 0.25) is 0 Å². The Morgan fingerprint density at radius 3 is 1.33 bits per heavy atom. The molecule has 0 atom stereocenters. The Balaban J connectivity index is 2.01. The third-order valence-corrected chi connectivity index (χ3v) is 4.37. The SMILES string of the molecule is c1ccc2c(c1)-c1cncnc1-c1ccccc1-c1cncnc1-2. The van der Waals surface area contributed by atoms with Crippen LogP contribution in [0.25, 0.3) is 44.8 Å². The number of aromatic nitrogens is 4. The maximum Gasteiger partial charge on any atom is 0.116 e. The maximum absolute atomic E-state index is 4.58. The number of benzene rings is 2. The summed E-state index contributed by atoms with van der Waals surface area (Å²) in [6.45, 7) is 0. The lowest BCUT2D eigenvalue weighted by atomic mass is 9.86. The summed E-state index contributed by atoms with van der Waals surface area (Å²) < 4.78 is 0. The van der Waals surface area contributed by atoms with Gasteiger partial charge in [0.2, 0.25) is 0 Å². The van der Waals surface area contributed by atoms with Crippen LogP contribution in [0, 0.1) is 0 Å². The molecule has 24 heavy (non-hydrogen) atoms. The molecular weight excluding hydrogens is 296 g/mol. The van der Waals surface area contributed by atoms with Crippen LogP contribution in [0.1, 0.15) is 0 Å². The van der Waals surface area contributed by atoms with Crippen LogP contribution in [0.5, 0.6) is 0 Å². The molecule has 2 aromatic carbocycles.